The van der Waals surface area contributed by atoms with Crippen LogP contribution in [0.15, 0.2) is 12.1 Å². The van der Waals surface area contributed by atoms with Crippen molar-refractivity contribution in [2.45, 2.75) is 38.6 Å². The molecule has 1 unspecified atom stereocenters. The van der Waals surface area contributed by atoms with E-state index in [1.54, 1.807) is 11.3 Å². The summed E-state index contributed by atoms with van der Waals surface area (Å²) in [6.07, 6.45) is 1.03. The third-order valence-corrected chi connectivity index (χ3v) is 4.47. The Bertz CT molecular complexity index is 400. The summed E-state index contributed by atoms with van der Waals surface area (Å²) in [6, 6.07) is 4.29. The van der Waals surface area contributed by atoms with Crippen LogP contribution in [0.3, 0.4) is 0 Å². The van der Waals surface area contributed by atoms with E-state index in [0.29, 0.717) is 6.04 Å². The Morgan fingerprint density at radius 1 is 1.47 bits per heavy atom. The van der Waals surface area contributed by atoms with E-state index in [9.17, 15) is 4.79 Å². The van der Waals surface area contributed by atoms with Crippen molar-refractivity contribution in [1.29, 1.82) is 0 Å². The van der Waals surface area contributed by atoms with Crippen molar-refractivity contribution < 1.29 is 4.79 Å². The lowest BCUT2D eigenvalue weighted by Gasteiger charge is -2.15. The van der Waals surface area contributed by atoms with Gasteiger partial charge in [0, 0.05) is 17.5 Å². The number of amides is 1. The second-order valence-electron chi connectivity index (χ2n) is 5.58. The minimum Gasteiger partial charge on any atom is -0.347 e. The highest BCUT2D eigenvalue weighted by atomic mass is 32.1. The molecule has 1 saturated heterocycles. The maximum atomic E-state index is 12.0. The van der Waals surface area contributed by atoms with Gasteiger partial charge in [0.2, 0.25) is 0 Å². The topological polar surface area (TPSA) is 41.1 Å². The number of hydrogen-bond donors (Lipinski definition) is 2. The van der Waals surface area contributed by atoms with Gasteiger partial charge in [-0.05, 0) is 30.5 Å². The molecule has 2 heterocycles. The minimum absolute atomic E-state index is 0.0687. The molecule has 1 atom stereocenters. The fourth-order valence-corrected chi connectivity index (χ4v) is 2.86. The molecule has 0 aliphatic carbocycles. The predicted octanol–water partition coefficient (Wildman–Crippen LogP) is 2.14. The van der Waals surface area contributed by atoms with Crippen LogP contribution >= 0.6 is 11.3 Å². The first kappa shape index (κ1) is 12.6. The molecule has 2 rings (SSSR count). The Morgan fingerprint density at radius 2 is 2.24 bits per heavy atom. The molecule has 94 valence electrons. The molecule has 0 saturated carbocycles. The SMILES string of the molecule is CC(C)(C)c1ccc(C(=O)NC2CCNC2)s1. The lowest BCUT2D eigenvalue weighted by Crippen LogP contribution is -2.35. The molecular weight excluding hydrogens is 232 g/mol. The second-order valence-corrected chi connectivity index (χ2v) is 6.66. The third kappa shape index (κ3) is 3.07. The van der Waals surface area contributed by atoms with Crippen LogP contribution < -0.4 is 10.6 Å². The van der Waals surface area contributed by atoms with E-state index in [0.717, 1.165) is 24.4 Å². The average Bonchev–Trinajstić information content (AvgIpc) is 2.85. The zero-order chi connectivity index (χ0) is 12.5. The summed E-state index contributed by atoms with van der Waals surface area (Å²) in [5.41, 5.74) is 0.123. The Kier molecular flexibility index (Phi) is 3.54. The minimum atomic E-state index is 0.0687. The van der Waals surface area contributed by atoms with Gasteiger partial charge in [-0.25, -0.2) is 0 Å². The predicted molar refractivity (Wildman–Crippen MR) is 71.8 cm³/mol. The largest absolute Gasteiger partial charge is 0.347 e. The summed E-state index contributed by atoms with van der Waals surface area (Å²) in [6.45, 7) is 8.40. The highest BCUT2D eigenvalue weighted by molar-refractivity contribution is 7.14. The van der Waals surface area contributed by atoms with E-state index in [-0.39, 0.29) is 11.3 Å². The quantitative estimate of drug-likeness (QED) is 0.846. The lowest BCUT2D eigenvalue weighted by molar-refractivity contribution is 0.0944. The third-order valence-electron chi connectivity index (χ3n) is 2.96. The van der Waals surface area contributed by atoms with Gasteiger partial charge in [0.15, 0.2) is 0 Å². The van der Waals surface area contributed by atoms with Crippen LogP contribution in [-0.2, 0) is 5.41 Å². The number of carbonyl (C=O) groups is 1. The van der Waals surface area contributed by atoms with Crippen LogP contribution in [0.1, 0.15) is 41.7 Å². The van der Waals surface area contributed by atoms with Crippen molar-refractivity contribution in [3.63, 3.8) is 0 Å². The first-order valence-corrected chi connectivity index (χ1v) is 6.90. The highest BCUT2D eigenvalue weighted by Crippen LogP contribution is 2.29. The van der Waals surface area contributed by atoms with Gasteiger partial charge in [-0.15, -0.1) is 11.3 Å². The lowest BCUT2D eigenvalue weighted by atomic mass is 9.95. The van der Waals surface area contributed by atoms with Crippen LogP contribution in [-0.4, -0.2) is 25.0 Å². The molecule has 17 heavy (non-hydrogen) atoms. The molecular formula is C13H20N2OS. The van der Waals surface area contributed by atoms with Gasteiger partial charge < -0.3 is 10.6 Å². The van der Waals surface area contributed by atoms with Gasteiger partial charge in [-0.3, -0.25) is 4.79 Å². The molecule has 0 aromatic carbocycles. The molecule has 1 aromatic heterocycles. The van der Waals surface area contributed by atoms with Crippen LogP contribution in [0.5, 0.6) is 0 Å². The van der Waals surface area contributed by atoms with E-state index in [1.165, 1.54) is 4.88 Å². The Morgan fingerprint density at radius 3 is 2.76 bits per heavy atom. The number of rotatable bonds is 2. The molecule has 0 radical (unpaired) electrons. The average molecular weight is 252 g/mol. The summed E-state index contributed by atoms with van der Waals surface area (Å²) < 4.78 is 0. The molecule has 0 bridgehead atoms. The van der Waals surface area contributed by atoms with Crippen molar-refractivity contribution in [3.05, 3.63) is 21.9 Å². The fraction of sp³-hybridized carbons (Fsp3) is 0.615. The monoisotopic (exact) mass is 252 g/mol. The van der Waals surface area contributed by atoms with E-state index in [2.05, 4.69) is 37.5 Å². The van der Waals surface area contributed by atoms with Gasteiger partial charge in [0.25, 0.3) is 5.91 Å². The summed E-state index contributed by atoms with van der Waals surface area (Å²) in [5, 5.41) is 6.32. The molecule has 1 aliphatic rings. The highest BCUT2D eigenvalue weighted by Gasteiger charge is 2.21. The van der Waals surface area contributed by atoms with Gasteiger partial charge >= 0.3 is 0 Å². The first-order chi connectivity index (χ1) is 7.97. The van der Waals surface area contributed by atoms with Crippen LogP contribution in [0.4, 0.5) is 0 Å². The molecule has 1 fully saturated rings. The summed E-state index contributed by atoms with van der Waals surface area (Å²) in [4.78, 5) is 14.1. The maximum Gasteiger partial charge on any atom is 0.261 e. The number of nitrogens with one attached hydrogen (secondary N) is 2. The summed E-state index contributed by atoms with van der Waals surface area (Å²) in [5.74, 6) is 0.0687. The summed E-state index contributed by atoms with van der Waals surface area (Å²) >= 11 is 1.60. The second kappa shape index (κ2) is 4.78. The zero-order valence-electron chi connectivity index (χ0n) is 10.7. The van der Waals surface area contributed by atoms with E-state index in [4.69, 9.17) is 0 Å². The summed E-state index contributed by atoms with van der Waals surface area (Å²) in [7, 11) is 0. The molecule has 3 nitrogen and oxygen atoms in total. The first-order valence-electron chi connectivity index (χ1n) is 6.09. The van der Waals surface area contributed by atoms with Crippen LogP contribution in [0, 0.1) is 0 Å². The zero-order valence-corrected chi connectivity index (χ0v) is 11.5. The van der Waals surface area contributed by atoms with Gasteiger partial charge in [0.05, 0.1) is 4.88 Å². The van der Waals surface area contributed by atoms with Crippen molar-refractivity contribution >= 4 is 17.2 Å². The van der Waals surface area contributed by atoms with Gasteiger partial charge in [0.1, 0.15) is 0 Å². The number of thiophene rings is 1. The van der Waals surface area contributed by atoms with Crippen LogP contribution in [0.2, 0.25) is 0 Å². The molecule has 2 N–H and O–H groups in total. The van der Waals surface area contributed by atoms with Crippen molar-refractivity contribution in [1.82, 2.24) is 10.6 Å². The molecule has 1 aromatic rings. The normalized spacial score (nSPS) is 20.5. The van der Waals surface area contributed by atoms with Crippen LogP contribution in [0.25, 0.3) is 0 Å². The molecule has 1 aliphatic heterocycles. The van der Waals surface area contributed by atoms with E-state index in [1.807, 2.05) is 6.07 Å². The van der Waals surface area contributed by atoms with Crippen molar-refractivity contribution in [3.8, 4) is 0 Å². The maximum absolute atomic E-state index is 12.0. The van der Waals surface area contributed by atoms with E-state index < -0.39 is 0 Å². The molecule has 0 spiro atoms. The molecule has 1 amide bonds. The van der Waals surface area contributed by atoms with Crippen molar-refractivity contribution in [2.75, 3.05) is 13.1 Å². The van der Waals surface area contributed by atoms with E-state index >= 15 is 0 Å². The molecule has 4 heteroatoms. The van der Waals surface area contributed by atoms with Gasteiger partial charge in [-0.2, -0.15) is 0 Å². The Labute approximate surface area is 107 Å². The Hall–Kier alpha value is -0.870. The smallest absolute Gasteiger partial charge is 0.261 e. The number of hydrogen-bond acceptors (Lipinski definition) is 3. The fourth-order valence-electron chi connectivity index (χ4n) is 1.90. The standard InChI is InChI=1S/C13H20N2OS/c1-13(2,3)11-5-4-10(17-11)12(16)15-9-6-7-14-8-9/h4-5,9,14H,6-8H2,1-3H3,(H,15,16). The van der Waals surface area contributed by atoms with Gasteiger partial charge in [-0.1, -0.05) is 20.8 Å². The van der Waals surface area contributed by atoms with Crippen molar-refractivity contribution in [2.24, 2.45) is 0 Å². The Balaban J connectivity index is 2.01. The number of carbonyl (C=O) groups excluding carboxylic acids is 1.